The molecule has 6 nitrogen and oxygen atoms in total. The predicted octanol–water partition coefficient (Wildman–Crippen LogP) is 3.77. The van der Waals surface area contributed by atoms with E-state index in [1.807, 2.05) is 24.1 Å². The minimum atomic E-state index is -0.516. The number of halogens is 1. The third kappa shape index (κ3) is 4.51. The molecule has 1 aromatic carbocycles. The van der Waals surface area contributed by atoms with Gasteiger partial charge in [-0.15, -0.1) is 11.3 Å². The lowest BCUT2D eigenvalue weighted by Gasteiger charge is -2.23. The van der Waals surface area contributed by atoms with Crippen LogP contribution in [-0.2, 0) is 11.3 Å². The van der Waals surface area contributed by atoms with Crippen LogP contribution in [0.4, 0.5) is 11.4 Å². The number of para-hydroxylation sites is 2. The molecule has 8 heteroatoms. The Kier molecular flexibility index (Phi) is 5.70. The molecule has 0 radical (unpaired) electrons. The van der Waals surface area contributed by atoms with Gasteiger partial charge in [-0.2, -0.15) is 0 Å². The molecule has 0 bridgehead atoms. The average molecular weight is 354 g/mol. The summed E-state index contributed by atoms with van der Waals surface area (Å²) in [5, 5.41) is 13.6. The lowest BCUT2D eigenvalue weighted by molar-refractivity contribution is -0.383. The van der Waals surface area contributed by atoms with E-state index in [4.69, 9.17) is 11.6 Å². The molecule has 0 aliphatic rings. The van der Waals surface area contributed by atoms with Crippen LogP contribution in [-0.4, -0.2) is 28.8 Å². The van der Waals surface area contributed by atoms with Crippen LogP contribution in [0.3, 0.4) is 0 Å². The monoisotopic (exact) mass is 353 g/mol. The largest absolute Gasteiger partial charge is 0.319 e. The molecule has 0 saturated carbocycles. The second kappa shape index (κ2) is 7.54. The maximum Gasteiger partial charge on any atom is 0.292 e. The number of hydrogen-bond acceptors (Lipinski definition) is 5. The summed E-state index contributed by atoms with van der Waals surface area (Å²) in [5.74, 6) is -0.301. The zero-order valence-corrected chi connectivity index (χ0v) is 14.2. The number of nitro groups is 1. The van der Waals surface area contributed by atoms with Crippen molar-refractivity contribution in [2.24, 2.45) is 0 Å². The second-order valence-corrected chi connectivity index (χ2v) is 6.86. The Morgan fingerprint density at radius 2 is 2.09 bits per heavy atom. The van der Waals surface area contributed by atoms with E-state index in [2.05, 4.69) is 5.32 Å². The van der Waals surface area contributed by atoms with Crippen LogP contribution in [0.1, 0.15) is 11.8 Å². The molecular formula is C15H16ClN3O3S. The number of anilines is 1. The summed E-state index contributed by atoms with van der Waals surface area (Å²) in [6, 6.07) is 9.35. The smallest absolute Gasteiger partial charge is 0.292 e. The first-order valence-electron chi connectivity index (χ1n) is 6.87. The molecule has 0 aliphatic heterocycles. The topological polar surface area (TPSA) is 75.5 Å². The Labute approximate surface area is 142 Å². The van der Waals surface area contributed by atoms with Crippen molar-refractivity contribution in [3.8, 4) is 0 Å². The third-order valence-electron chi connectivity index (χ3n) is 3.43. The van der Waals surface area contributed by atoms with Crippen LogP contribution >= 0.6 is 22.9 Å². The normalized spacial score (nSPS) is 12.2. The van der Waals surface area contributed by atoms with Crippen molar-refractivity contribution in [2.45, 2.75) is 19.5 Å². The molecule has 0 unspecified atom stereocenters. The van der Waals surface area contributed by atoms with Gasteiger partial charge in [-0.1, -0.05) is 23.7 Å². The van der Waals surface area contributed by atoms with Gasteiger partial charge in [0, 0.05) is 17.5 Å². The summed E-state index contributed by atoms with van der Waals surface area (Å²) in [7, 11) is 1.82. The Balaban J connectivity index is 2.03. The Hall–Kier alpha value is -1.96. The van der Waals surface area contributed by atoms with E-state index in [0.29, 0.717) is 10.9 Å². The molecule has 1 N–H and O–H groups in total. The number of carbonyl (C=O) groups is 1. The van der Waals surface area contributed by atoms with Gasteiger partial charge in [0.15, 0.2) is 0 Å². The molecular weight excluding hydrogens is 338 g/mol. The summed E-state index contributed by atoms with van der Waals surface area (Å²) in [5.41, 5.74) is 0.0719. The van der Waals surface area contributed by atoms with Gasteiger partial charge in [-0.3, -0.25) is 19.8 Å². The van der Waals surface area contributed by atoms with Crippen molar-refractivity contribution < 1.29 is 9.72 Å². The zero-order chi connectivity index (χ0) is 17.0. The Bertz CT molecular complexity index is 719. The Morgan fingerprint density at radius 1 is 1.39 bits per heavy atom. The fourth-order valence-electron chi connectivity index (χ4n) is 2.00. The highest BCUT2D eigenvalue weighted by atomic mass is 35.5. The number of benzene rings is 1. The van der Waals surface area contributed by atoms with Gasteiger partial charge in [0.2, 0.25) is 5.91 Å². The molecule has 1 heterocycles. The van der Waals surface area contributed by atoms with Crippen molar-refractivity contribution in [3.05, 3.63) is 55.7 Å². The number of likely N-dealkylation sites (N-methyl/N-ethyl adjacent to an activating group) is 1. The number of hydrogen-bond donors (Lipinski definition) is 1. The summed E-state index contributed by atoms with van der Waals surface area (Å²) >= 11 is 7.36. The highest BCUT2D eigenvalue weighted by Gasteiger charge is 2.22. The van der Waals surface area contributed by atoms with Gasteiger partial charge in [0.1, 0.15) is 5.69 Å². The number of nitrogens with zero attached hydrogens (tertiary/aromatic N) is 2. The van der Waals surface area contributed by atoms with Crippen LogP contribution in [0.5, 0.6) is 0 Å². The van der Waals surface area contributed by atoms with E-state index in [0.717, 1.165) is 4.88 Å². The summed E-state index contributed by atoms with van der Waals surface area (Å²) in [6.07, 6.45) is 0. The summed E-state index contributed by atoms with van der Waals surface area (Å²) < 4.78 is 0.699. The first-order valence-corrected chi connectivity index (χ1v) is 8.06. The lowest BCUT2D eigenvalue weighted by Crippen LogP contribution is -2.39. The molecule has 122 valence electrons. The Morgan fingerprint density at radius 3 is 2.70 bits per heavy atom. The van der Waals surface area contributed by atoms with E-state index in [1.54, 1.807) is 19.1 Å². The quantitative estimate of drug-likeness (QED) is 0.633. The predicted molar refractivity (Wildman–Crippen MR) is 92.0 cm³/mol. The maximum atomic E-state index is 12.3. The first kappa shape index (κ1) is 17.4. The molecule has 0 spiro atoms. The molecule has 0 fully saturated rings. The van der Waals surface area contributed by atoms with E-state index in [1.165, 1.54) is 23.5 Å². The molecule has 23 heavy (non-hydrogen) atoms. The number of nitrogens with one attached hydrogen (secondary N) is 1. The van der Waals surface area contributed by atoms with Gasteiger partial charge >= 0.3 is 0 Å². The summed E-state index contributed by atoms with van der Waals surface area (Å²) in [6.45, 7) is 2.32. The van der Waals surface area contributed by atoms with Crippen molar-refractivity contribution in [2.75, 3.05) is 12.4 Å². The molecule has 1 amide bonds. The van der Waals surface area contributed by atoms with Crippen molar-refractivity contribution in [3.63, 3.8) is 0 Å². The van der Waals surface area contributed by atoms with Crippen LogP contribution in [0, 0.1) is 10.1 Å². The third-order valence-corrected chi connectivity index (χ3v) is 4.65. The lowest BCUT2D eigenvalue weighted by atomic mass is 10.2. The maximum absolute atomic E-state index is 12.3. The van der Waals surface area contributed by atoms with Crippen molar-refractivity contribution in [1.82, 2.24) is 4.90 Å². The van der Waals surface area contributed by atoms with Gasteiger partial charge in [0.25, 0.3) is 5.69 Å². The molecule has 1 atom stereocenters. The average Bonchev–Trinajstić information content (AvgIpc) is 2.91. The van der Waals surface area contributed by atoms with Gasteiger partial charge < -0.3 is 5.32 Å². The number of thiophene rings is 1. The van der Waals surface area contributed by atoms with Gasteiger partial charge in [0.05, 0.1) is 15.3 Å². The minimum Gasteiger partial charge on any atom is -0.319 e. The van der Waals surface area contributed by atoms with Crippen LogP contribution in [0.25, 0.3) is 0 Å². The summed E-state index contributed by atoms with van der Waals surface area (Å²) in [4.78, 5) is 25.7. The van der Waals surface area contributed by atoms with Crippen LogP contribution < -0.4 is 5.32 Å². The van der Waals surface area contributed by atoms with Crippen LogP contribution in [0.15, 0.2) is 36.4 Å². The number of rotatable bonds is 6. The van der Waals surface area contributed by atoms with Crippen LogP contribution in [0.2, 0.25) is 4.34 Å². The van der Waals surface area contributed by atoms with Gasteiger partial charge in [-0.05, 0) is 32.2 Å². The van der Waals surface area contributed by atoms with Gasteiger partial charge in [-0.25, -0.2) is 0 Å². The fraction of sp³-hybridized carbons (Fsp3) is 0.267. The number of nitro benzene ring substituents is 1. The van der Waals surface area contributed by atoms with Crippen molar-refractivity contribution in [1.29, 1.82) is 0 Å². The highest BCUT2D eigenvalue weighted by Crippen LogP contribution is 2.25. The second-order valence-electron chi connectivity index (χ2n) is 5.06. The van der Waals surface area contributed by atoms with E-state index in [-0.39, 0.29) is 17.3 Å². The zero-order valence-electron chi connectivity index (χ0n) is 12.7. The van der Waals surface area contributed by atoms with E-state index in [9.17, 15) is 14.9 Å². The minimum absolute atomic E-state index is 0.124. The molecule has 2 aromatic rings. The highest BCUT2D eigenvalue weighted by molar-refractivity contribution is 7.16. The number of carbonyl (C=O) groups excluding carboxylic acids is 1. The molecule has 2 rings (SSSR count). The van der Waals surface area contributed by atoms with Crippen molar-refractivity contribution >= 4 is 40.2 Å². The SMILES string of the molecule is C[C@@H](C(=O)Nc1ccccc1[N+](=O)[O-])N(C)Cc1ccc(Cl)s1. The molecule has 0 saturated heterocycles. The first-order chi connectivity index (χ1) is 10.9. The van der Waals surface area contributed by atoms with E-state index < -0.39 is 11.0 Å². The fourth-order valence-corrected chi connectivity index (χ4v) is 3.15. The number of amides is 1. The standard InChI is InChI=1S/C15H16ClN3O3S/c1-10(18(2)9-11-7-8-14(16)23-11)15(20)17-12-5-3-4-6-13(12)19(21)22/h3-8,10H,9H2,1-2H3,(H,17,20)/t10-/m0/s1. The van der Waals surface area contributed by atoms with E-state index >= 15 is 0 Å². The molecule has 0 aliphatic carbocycles. The molecule has 1 aromatic heterocycles.